The van der Waals surface area contributed by atoms with Gasteiger partial charge in [-0.15, -0.1) is 0 Å². The van der Waals surface area contributed by atoms with E-state index < -0.39 is 5.97 Å². The Balaban J connectivity index is 2.05. The molecule has 1 atom stereocenters. The van der Waals surface area contributed by atoms with Gasteiger partial charge < -0.3 is 14.7 Å². The number of carboxylic acids is 1. The van der Waals surface area contributed by atoms with Crippen LogP contribution in [0.5, 0.6) is 0 Å². The van der Waals surface area contributed by atoms with Crippen molar-refractivity contribution in [1.29, 1.82) is 0 Å². The monoisotopic (exact) mass is 277 g/mol. The fourth-order valence-electron chi connectivity index (χ4n) is 2.30. The summed E-state index contributed by atoms with van der Waals surface area (Å²) in [5, 5.41) is 8.71. The number of aryl methyl sites for hydroxylation is 1. The molecule has 0 bridgehead atoms. The first-order chi connectivity index (χ1) is 9.58. The van der Waals surface area contributed by atoms with E-state index in [9.17, 15) is 9.59 Å². The molecule has 1 aliphatic rings. The Morgan fingerprint density at radius 2 is 2.25 bits per heavy atom. The van der Waals surface area contributed by atoms with Gasteiger partial charge in [0.05, 0.1) is 12.5 Å². The standard InChI is InChI=1S/C15H19NO4/c1-16(15(19)12-7-8-20-10-12)13-4-2-3-11(9-13)5-6-14(17)18/h2-4,9,12H,5-8,10H2,1H3,(H,17,18). The molecule has 1 N–H and O–H groups in total. The molecule has 1 amide bonds. The van der Waals surface area contributed by atoms with Crippen LogP contribution < -0.4 is 4.90 Å². The van der Waals surface area contributed by atoms with Gasteiger partial charge in [-0.2, -0.15) is 0 Å². The Hall–Kier alpha value is -1.88. The van der Waals surface area contributed by atoms with E-state index in [0.717, 1.165) is 17.7 Å². The lowest BCUT2D eigenvalue weighted by Crippen LogP contribution is -2.33. The van der Waals surface area contributed by atoms with Gasteiger partial charge in [-0.1, -0.05) is 12.1 Å². The SMILES string of the molecule is CN(C(=O)C1CCOC1)c1cccc(CCC(=O)O)c1. The smallest absolute Gasteiger partial charge is 0.303 e. The lowest BCUT2D eigenvalue weighted by Gasteiger charge is -2.21. The highest BCUT2D eigenvalue weighted by Gasteiger charge is 2.26. The van der Waals surface area contributed by atoms with Crippen molar-refractivity contribution >= 4 is 17.6 Å². The van der Waals surface area contributed by atoms with Gasteiger partial charge in [0.1, 0.15) is 0 Å². The van der Waals surface area contributed by atoms with Crippen LogP contribution in [0.4, 0.5) is 5.69 Å². The molecule has 0 spiro atoms. The number of anilines is 1. The van der Waals surface area contributed by atoms with Crippen LogP contribution in [-0.4, -0.2) is 37.2 Å². The van der Waals surface area contributed by atoms with Crippen molar-refractivity contribution in [3.8, 4) is 0 Å². The summed E-state index contributed by atoms with van der Waals surface area (Å²) in [5.74, 6) is -0.830. The quantitative estimate of drug-likeness (QED) is 0.889. The molecule has 0 aromatic heterocycles. The van der Waals surface area contributed by atoms with E-state index in [1.54, 1.807) is 11.9 Å². The molecule has 20 heavy (non-hydrogen) atoms. The molecule has 1 saturated heterocycles. The number of aliphatic carboxylic acids is 1. The molecule has 2 rings (SSSR count). The van der Waals surface area contributed by atoms with Crippen LogP contribution in [0.2, 0.25) is 0 Å². The average Bonchev–Trinajstić information content (AvgIpc) is 2.98. The predicted octanol–water partition coefficient (Wildman–Crippen LogP) is 1.70. The van der Waals surface area contributed by atoms with Gasteiger partial charge in [0.15, 0.2) is 0 Å². The first kappa shape index (κ1) is 14.5. The van der Waals surface area contributed by atoms with Crippen molar-refractivity contribution in [3.05, 3.63) is 29.8 Å². The van der Waals surface area contributed by atoms with Crippen molar-refractivity contribution in [2.45, 2.75) is 19.3 Å². The topological polar surface area (TPSA) is 66.8 Å². The summed E-state index contributed by atoms with van der Waals surface area (Å²) in [6, 6.07) is 7.46. The van der Waals surface area contributed by atoms with E-state index in [-0.39, 0.29) is 18.2 Å². The zero-order valence-corrected chi connectivity index (χ0v) is 11.5. The predicted molar refractivity (Wildman–Crippen MR) is 74.7 cm³/mol. The third-order valence-electron chi connectivity index (χ3n) is 3.53. The van der Waals surface area contributed by atoms with Crippen LogP contribution in [-0.2, 0) is 20.7 Å². The highest BCUT2D eigenvalue weighted by molar-refractivity contribution is 5.94. The van der Waals surface area contributed by atoms with E-state index in [4.69, 9.17) is 9.84 Å². The third kappa shape index (κ3) is 3.57. The molecule has 1 heterocycles. The van der Waals surface area contributed by atoms with Gasteiger partial charge in [0.2, 0.25) is 5.91 Å². The summed E-state index contributed by atoms with van der Waals surface area (Å²) in [6.07, 6.45) is 1.33. The van der Waals surface area contributed by atoms with E-state index >= 15 is 0 Å². The Morgan fingerprint density at radius 3 is 2.90 bits per heavy atom. The summed E-state index contributed by atoms with van der Waals surface area (Å²) in [6.45, 7) is 1.13. The van der Waals surface area contributed by atoms with Gasteiger partial charge in [-0.3, -0.25) is 9.59 Å². The second kappa shape index (κ2) is 6.52. The molecule has 1 aromatic carbocycles. The zero-order valence-electron chi connectivity index (χ0n) is 11.5. The first-order valence-corrected chi connectivity index (χ1v) is 6.74. The maximum absolute atomic E-state index is 12.3. The molecule has 0 radical (unpaired) electrons. The third-order valence-corrected chi connectivity index (χ3v) is 3.53. The summed E-state index contributed by atoms with van der Waals surface area (Å²) >= 11 is 0. The molecule has 108 valence electrons. The number of benzene rings is 1. The summed E-state index contributed by atoms with van der Waals surface area (Å²) in [4.78, 5) is 24.5. The molecule has 1 aliphatic heterocycles. The molecule has 1 aromatic rings. The fourth-order valence-corrected chi connectivity index (χ4v) is 2.30. The molecular formula is C15H19NO4. The van der Waals surface area contributed by atoms with E-state index in [2.05, 4.69) is 0 Å². The number of hydrogen-bond donors (Lipinski definition) is 1. The summed E-state index contributed by atoms with van der Waals surface area (Å²) < 4.78 is 5.24. The van der Waals surface area contributed by atoms with Crippen LogP contribution in [0.15, 0.2) is 24.3 Å². The van der Waals surface area contributed by atoms with Gasteiger partial charge in [0, 0.05) is 25.8 Å². The van der Waals surface area contributed by atoms with Crippen molar-refractivity contribution in [3.63, 3.8) is 0 Å². The minimum atomic E-state index is -0.817. The largest absolute Gasteiger partial charge is 0.481 e. The number of carbonyl (C=O) groups excluding carboxylic acids is 1. The van der Waals surface area contributed by atoms with Gasteiger partial charge in [-0.25, -0.2) is 0 Å². The van der Waals surface area contributed by atoms with Crippen LogP contribution in [0.1, 0.15) is 18.4 Å². The van der Waals surface area contributed by atoms with E-state index in [1.165, 1.54) is 0 Å². The minimum Gasteiger partial charge on any atom is -0.481 e. The van der Waals surface area contributed by atoms with Gasteiger partial charge >= 0.3 is 5.97 Å². The van der Waals surface area contributed by atoms with Crippen LogP contribution in [0.25, 0.3) is 0 Å². The highest BCUT2D eigenvalue weighted by Crippen LogP contribution is 2.21. The normalized spacial score (nSPS) is 17.9. The molecule has 0 aliphatic carbocycles. The number of carboxylic acid groups (broad SMARTS) is 1. The van der Waals surface area contributed by atoms with Crippen LogP contribution in [0.3, 0.4) is 0 Å². The lowest BCUT2D eigenvalue weighted by molar-refractivity contribution is -0.137. The Morgan fingerprint density at radius 1 is 1.45 bits per heavy atom. The minimum absolute atomic E-state index is 0.0536. The molecule has 5 heteroatoms. The molecule has 5 nitrogen and oxygen atoms in total. The molecule has 0 saturated carbocycles. The second-order valence-corrected chi connectivity index (χ2v) is 5.02. The molecule has 1 unspecified atom stereocenters. The van der Waals surface area contributed by atoms with Gasteiger partial charge in [-0.05, 0) is 30.5 Å². The maximum atomic E-state index is 12.3. The van der Waals surface area contributed by atoms with Gasteiger partial charge in [0.25, 0.3) is 0 Å². The van der Waals surface area contributed by atoms with Crippen molar-refractivity contribution in [2.24, 2.45) is 5.92 Å². The maximum Gasteiger partial charge on any atom is 0.303 e. The van der Waals surface area contributed by atoms with E-state index in [0.29, 0.717) is 19.6 Å². The van der Waals surface area contributed by atoms with Crippen LogP contribution >= 0.6 is 0 Å². The molecular weight excluding hydrogens is 258 g/mol. The van der Waals surface area contributed by atoms with Crippen molar-refractivity contribution in [1.82, 2.24) is 0 Å². The Labute approximate surface area is 118 Å². The molecule has 1 fully saturated rings. The zero-order chi connectivity index (χ0) is 14.5. The number of nitrogens with zero attached hydrogens (tertiary/aromatic N) is 1. The van der Waals surface area contributed by atoms with Crippen molar-refractivity contribution in [2.75, 3.05) is 25.2 Å². The summed E-state index contributed by atoms with van der Waals surface area (Å²) in [5.41, 5.74) is 1.72. The number of amides is 1. The number of hydrogen-bond acceptors (Lipinski definition) is 3. The Kier molecular flexibility index (Phi) is 4.74. The Bertz CT molecular complexity index is 494. The average molecular weight is 277 g/mol. The summed E-state index contributed by atoms with van der Waals surface area (Å²) in [7, 11) is 1.75. The lowest BCUT2D eigenvalue weighted by atomic mass is 10.1. The van der Waals surface area contributed by atoms with Crippen LogP contribution in [0, 0.1) is 5.92 Å². The first-order valence-electron chi connectivity index (χ1n) is 6.74. The fraction of sp³-hybridized carbons (Fsp3) is 0.467. The number of rotatable bonds is 5. The highest BCUT2D eigenvalue weighted by atomic mass is 16.5. The second-order valence-electron chi connectivity index (χ2n) is 5.02. The van der Waals surface area contributed by atoms with Crippen molar-refractivity contribution < 1.29 is 19.4 Å². The number of ether oxygens (including phenoxy) is 1. The number of carbonyl (C=O) groups is 2. The van der Waals surface area contributed by atoms with E-state index in [1.807, 2.05) is 24.3 Å².